The summed E-state index contributed by atoms with van der Waals surface area (Å²) in [6, 6.07) is 21.7. The van der Waals surface area contributed by atoms with Crippen LogP contribution in [0.4, 0.5) is 24.8 Å². The molecular weight excluding hydrogens is 623 g/mol. The number of fused-ring (bicyclic) bond motifs is 6. The maximum absolute atomic E-state index is 13.4. The van der Waals surface area contributed by atoms with E-state index in [1.807, 2.05) is 62.4 Å². The van der Waals surface area contributed by atoms with E-state index >= 15 is 0 Å². The zero-order valence-electron chi connectivity index (χ0n) is 27.1. The van der Waals surface area contributed by atoms with Gasteiger partial charge in [0.1, 0.15) is 23.3 Å². The third kappa shape index (κ3) is 8.57. The number of nitrogens with one attached hydrogen (secondary N) is 1. The number of halogens is 3. The second-order valence-corrected chi connectivity index (χ2v) is 13.9. The lowest BCUT2D eigenvalue weighted by atomic mass is 9.94. The predicted octanol–water partition coefficient (Wildman–Crippen LogP) is 8.89. The predicted molar refractivity (Wildman–Crippen MR) is 180 cm³/mol. The summed E-state index contributed by atoms with van der Waals surface area (Å²) in [5.41, 5.74) is 0.930. The van der Waals surface area contributed by atoms with E-state index in [0.29, 0.717) is 23.7 Å². The number of hydrogen-bond donors (Lipinski definition) is 1. The normalized spacial score (nSPS) is 14.8. The Morgan fingerprint density at radius 2 is 1.72 bits per heavy atom. The van der Waals surface area contributed by atoms with Crippen LogP contribution in [-0.2, 0) is 6.42 Å². The van der Waals surface area contributed by atoms with Gasteiger partial charge in [-0.25, -0.2) is 14.6 Å². The number of benzene rings is 1. The number of hydrogen-bond acceptors (Lipinski definition) is 8. The van der Waals surface area contributed by atoms with Gasteiger partial charge in [-0.15, -0.1) is 5.10 Å². The summed E-state index contributed by atoms with van der Waals surface area (Å²) < 4.78 is 50.6. The van der Waals surface area contributed by atoms with E-state index in [0.717, 1.165) is 74.5 Å². The third-order valence-corrected chi connectivity index (χ3v) is 8.86. The van der Waals surface area contributed by atoms with Gasteiger partial charge in [0.2, 0.25) is 5.88 Å². The van der Waals surface area contributed by atoms with Crippen LogP contribution in [0, 0.1) is 22.2 Å². The largest absolute Gasteiger partial charge is 0.476 e. The number of aryl methyl sites for hydroxylation is 1. The van der Waals surface area contributed by atoms with Gasteiger partial charge in [-0.3, -0.25) is 0 Å². The minimum atomic E-state index is -4.40. The second-order valence-electron chi connectivity index (χ2n) is 13.1. The number of ether oxygens (including phenoxy) is 1. The van der Waals surface area contributed by atoms with Gasteiger partial charge in [-0.2, -0.15) is 18.4 Å². The Morgan fingerprint density at radius 1 is 0.936 bits per heavy atom. The van der Waals surface area contributed by atoms with Gasteiger partial charge >= 0.3 is 6.18 Å². The van der Waals surface area contributed by atoms with Crippen molar-refractivity contribution in [1.29, 1.82) is 5.26 Å². The first-order chi connectivity index (χ1) is 22.3. The van der Waals surface area contributed by atoms with Crippen molar-refractivity contribution >= 4 is 23.6 Å². The van der Waals surface area contributed by atoms with Crippen LogP contribution < -0.4 is 14.4 Å². The Bertz CT molecular complexity index is 1710. The lowest BCUT2D eigenvalue weighted by Gasteiger charge is -2.29. The zero-order valence-corrected chi connectivity index (χ0v) is 28.0. The van der Waals surface area contributed by atoms with Gasteiger partial charge in [0.05, 0.1) is 28.3 Å². The van der Waals surface area contributed by atoms with Crippen molar-refractivity contribution in [2.24, 2.45) is 10.8 Å². The van der Waals surface area contributed by atoms with Gasteiger partial charge in [0.15, 0.2) is 0 Å². The summed E-state index contributed by atoms with van der Waals surface area (Å²) in [6.45, 7) is 6.95. The molecule has 1 aliphatic rings. The molecule has 1 aromatic carbocycles. The van der Waals surface area contributed by atoms with E-state index in [9.17, 15) is 18.4 Å². The van der Waals surface area contributed by atoms with E-state index in [1.54, 1.807) is 16.9 Å². The average molecular weight is 664 g/mol. The first-order valence-electron chi connectivity index (χ1n) is 15.8. The van der Waals surface area contributed by atoms with Crippen molar-refractivity contribution in [3.63, 3.8) is 0 Å². The Hall–Kier alpha value is -4.24. The Labute approximate surface area is 278 Å². The molecule has 5 rings (SSSR count). The van der Waals surface area contributed by atoms with Crippen molar-refractivity contribution in [2.45, 2.75) is 71.0 Å². The van der Waals surface area contributed by atoms with Crippen LogP contribution in [-0.4, -0.2) is 45.6 Å². The molecule has 0 unspecified atom stereocenters. The minimum Gasteiger partial charge on any atom is -0.476 e. The van der Waals surface area contributed by atoms with Gasteiger partial charge in [-0.1, -0.05) is 43.2 Å². The standard InChI is InChI=1S/C35H40F3N7OS/c1-33(2,22-39)23-44-20-10-6-5-7-12-25-13-8-9-14-26(25)32-27(17-18-28(40-32)43-47-31-16-11-15-29(44)41-31)45-21-19-30(42-45)46-24-34(3,4)35(36,37)38/h8-9,11,13-19,21H,5-7,10,12,20,23-24H2,1-4H3,(H,40,43). The molecule has 12 heteroatoms. The summed E-state index contributed by atoms with van der Waals surface area (Å²) >= 11 is 1.35. The number of alkyl halides is 3. The number of pyridine rings is 2. The molecule has 0 aliphatic carbocycles. The fourth-order valence-corrected chi connectivity index (χ4v) is 5.82. The highest BCUT2D eigenvalue weighted by molar-refractivity contribution is 8.00. The molecule has 1 aliphatic heterocycles. The number of rotatable bonds is 6. The maximum Gasteiger partial charge on any atom is 0.397 e. The molecule has 4 bridgehead atoms. The number of nitrogens with zero attached hydrogens (tertiary/aromatic N) is 6. The first kappa shape index (κ1) is 34.1. The molecule has 0 saturated carbocycles. The van der Waals surface area contributed by atoms with Crippen LogP contribution in [0.3, 0.4) is 0 Å². The van der Waals surface area contributed by atoms with Crippen molar-refractivity contribution in [3.05, 3.63) is 72.4 Å². The summed E-state index contributed by atoms with van der Waals surface area (Å²) in [6.07, 6.45) is 2.19. The minimum absolute atomic E-state index is 0.1000. The molecule has 4 heterocycles. The van der Waals surface area contributed by atoms with Gasteiger partial charge in [0, 0.05) is 42.9 Å². The molecule has 0 radical (unpaired) electrons. The molecule has 0 fully saturated rings. The zero-order chi connectivity index (χ0) is 33.7. The average Bonchev–Trinajstić information content (AvgIpc) is 3.52. The number of nitriles is 1. The SMILES string of the molecule is CC(C)(C#N)CN1CCCCCCc2ccccc2-c2nc(ccc2-n2ccc(OCC(C)(C)C(F)(F)F)n2)NSc2cccc1n2. The Balaban J connectivity index is 1.48. The molecule has 248 valence electrons. The van der Waals surface area contributed by atoms with Crippen LogP contribution in [0.2, 0.25) is 0 Å². The highest BCUT2D eigenvalue weighted by Gasteiger charge is 2.48. The molecule has 0 saturated heterocycles. The van der Waals surface area contributed by atoms with Crippen molar-refractivity contribution in [3.8, 4) is 28.9 Å². The van der Waals surface area contributed by atoms with E-state index in [1.165, 1.54) is 11.9 Å². The van der Waals surface area contributed by atoms with Crippen LogP contribution in [0.25, 0.3) is 16.9 Å². The number of aromatic nitrogens is 4. The van der Waals surface area contributed by atoms with Crippen LogP contribution in [0.5, 0.6) is 5.88 Å². The fraction of sp³-hybridized carbons (Fsp3) is 0.429. The third-order valence-electron chi connectivity index (χ3n) is 8.11. The molecule has 0 amide bonds. The summed E-state index contributed by atoms with van der Waals surface area (Å²) in [5, 5.41) is 14.9. The molecule has 1 N–H and O–H groups in total. The molecule has 0 atom stereocenters. The molecule has 0 spiro atoms. The quantitative estimate of drug-likeness (QED) is 0.205. The van der Waals surface area contributed by atoms with Crippen LogP contribution in [0.1, 0.15) is 58.9 Å². The summed E-state index contributed by atoms with van der Waals surface area (Å²) in [4.78, 5) is 12.1. The van der Waals surface area contributed by atoms with E-state index in [4.69, 9.17) is 14.7 Å². The van der Waals surface area contributed by atoms with Gasteiger partial charge < -0.3 is 14.4 Å². The summed E-state index contributed by atoms with van der Waals surface area (Å²) in [7, 11) is 0. The molecular formula is C35H40F3N7OS. The van der Waals surface area contributed by atoms with Crippen molar-refractivity contribution < 1.29 is 17.9 Å². The monoisotopic (exact) mass is 663 g/mol. The maximum atomic E-state index is 13.4. The lowest BCUT2D eigenvalue weighted by Crippen LogP contribution is -2.37. The fourth-order valence-electron chi connectivity index (χ4n) is 5.22. The van der Waals surface area contributed by atoms with Crippen LogP contribution in [0.15, 0.2) is 71.9 Å². The van der Waals surface area contributed by atoms with E-state index in [-0.39, 0.29) is 5.88 Å². The smallest absolute Gasteiger partial charge is 0.397 e. The Kier molecular flexibility index (Phi) is 10.3. The Morgan fingerprint density at radius 3 is 2.51 bits per heavy atom. The molecule has 47 heavy (non-hydrogen) atoms. The molecule has 3 aromatic heterocycles. The van der Waals surface area contributed by atoms with E-state index < -0.39 is 23.6 Å². The highest BCUT2D eigenvalue weighted by Crippen LogP contribution is 2.38. The van der Waals surface area contributed by atoms with Crippen molar-refractivity contribution in [1.82, 2.24) is 19.7 Å². The van der Waals surface area contributed by atoms with Gasteiger partial charge in [0.25, 0.3) is 0 Å². The topological polar surface area (TPSA) is 91.9 Å². The van der Waals surface area contributed by atoms with Gasteiger partial charge in [-0.05, 0) is 76.8 Å². The van der Waals surface area contributed by atoms with Crippen LogP contribution >= 0.6 is 11.9 Å². The van der Waals surface area contributed by atoms with E-state index in [2.05, 4.69) is 26.9 Å². The first-order valence-corrected chi connectivity index (χ1v) is 16.6. The lowest BCUT2D eigenvalue weighted by molar-refractivity contribution is -0.219. The highest BCUT2D eigenvalue weighted by atomic mass is 32.2. The second kappa shape index (κ2) is 14.3. The molecule has 4 aromatic rings. The number of anilines is 2. The van der Waals surface area contributed by atoms with Crippen molar-refractivity contribution in [2.75, 3.05) is 29.3 Å². The summed E-state index contributed by atoms with van der Waals surface area (Å²) in [5.74, 6) is 1.54. The molecule has 8 nitrogen and oxygen atoms in total.